The summed E-state index contributed by atoms with van der Waals surface area (Å²) in [5, 5.41) is 8.88. The third-order valence-corrected chi connectivity index (χ3v) is 2.06. The fraction of sp³-hybridized carbons (Fsp3) is 0.200. The number of halogens is 1. The van der Waals surface area contributed by atoms with Crippen LogP contribution in [0.4, 0.5) is 0 Å². The molecule has 2 N–H and O–H groups in total. The highest BCUT2D eigenvalue weighted by Gasteiger charge is 2.12. The summed E-state index contributed by atoms with van der Waals surface area (Å²) in [7, 11) is 0. The van der Waals surface area contributed by atoms with E-state index in [1.54, 1.807) is 6.07 Å². The fourth-order valence-corrected chi connectivity index (χ4v) is 1.14. The number of hydrogen-bond donors (Lipinski definition) is 1. The molecule has 0 spiro atoms. The van der Waals surface area contributed by atoms with E-state index in [1.165, 1.54) is 19.1 Å². The Kier molecular flexibility index (Phi) is 3.53. The van der Waals surface area contributed by atoms with E-state index in [0.29, 0.717) is 11.3 Å². The predicted octanol–water partition coefficient (Wildman–Crippen LogP) is 1.46. The smallest absolute Gasteiger partial charge is 0.258 e. The minimum atomic E-state index is -0.754. The van der Waals surface area contributed by atoms with Gasteiger partial charge in [0.05, 0.1) is 16.7 Å². The van der Waals surface area contributed by atoms with Crippen molar-refractivity contribution in [1.82, 2.24) is 0 Å². The van der Waals surface area contributed by atoms with Crippen LogP contribution in [0.1, 0.15) is 12.5 Å². The Morgan fingerprint density at radius 1 is 1.67 bits per heavy atom. The molecule has 5 heteroatoms. The molecule has 1 aromatic rings. The third kappa shape index (κ3) is 2.86. The van der Waals surface area contributed by atoms with Crippen LogP contribution in [0.15, 0.2) is 18.2 Å². The fourth-order valence-electron chi connectivity index (χ4n) is 0.914. The van der Waals surface area contributed by atoms with Crippen molar-refractivity contribution >= 4 is 17.5 Å². The van der Waals surface area contributed by atoms with E-state index in [9.17, 15) is 4.79 Å². The summed E-state index contributed by atoms with van der Waals surface area (Å²) in [4.78, 5) is 10.7. The van der Waals surface area contributed by atoms with Gasteiger partial charge in [-0.2, -0.15) is 5.26 Å². The maximum absolute atomic E-state index is 10.7. The van der Waals surface area contributed by atoms with Gasteiger partial charge < -0.3 is 10.5 Å². The summed E-state index contributed by atoms with van der Waals surface area (Å²) in [6, 6.07) is 6.48. The van der Waals surface area contributed by atoms with Gasteiger partial charge in [-0.15, -0.1) is 0 Å². The lowest BCUT2D eigenvalue weighted by Gasteiger charge is -2.12. The number of benzene rings is 1. The number of rotatable bonds is 3. The van der Waals surface area contributed by atoms with Crippen LogP contribution in [-0.4, -0.2) is 12.0 Å². The molecule has 15 heavy (non-hydrogen) atoms. The van der Waals surface area contributed by atoms with Gasteiger partial charge in [-0.1, -0.05) is 11.6 Å². The zero-order valence-electron chi connectivity index (χ0n) is 8.03. The number of nitrogens with zero attached hydrogens (tertiary/aromatic N) is 1. The molecule has 1 rings (SSSR count). The number of nitrogens with two attached hydrogens (primary N) is 1. The molecule has 4 nitrogen and oxygen atoms in total. The number of hydrogen-bond acceptors (Lipinski definition) is 3. The molecular weight excluding hydrogens is 216 g/mol. The summed E-state index contributed by atoms with van der Waals surface area (Å²) in [5.74, 6) is -0.239. The van der Waals surface area contributed by atoms with E-state index in [0.717, 1.165) is 0 Å². The van der Waals surface area contributed by atoms with Gasteiger partial charge in [0.1, 0.15) is 5.75 Å². The summed E-state index contributed by atoms with van der Waals surface area (Å²) < 4.78 is 5.19. The second kappa shape index (κ2) is 4.67. The molecule has 0 aliphatic carbocycles. The van der Waals surface area contributed by atoms with Crippen LogP contribution in [0.3, 0.4) is 0 Å². The average molecular weight is 225 g/mol. The average Bonchev–Trinajstić information content (AvgIpc) is 2.20. The van der Waals surface area contributed by atoms with Crippen LogP contribution in [-0.2, 0) is 4.79 Å². The Hall–Kier alpha value is -1.73. The molecule has 0 aromatic heterocycles. The Labute approximate surface area is 92.2 Å². The Morgan fingerprint density at radius 3 is 2.80 bits per heavy atom. The van der Waals surface area contributed by atoms with Gasteiger partial charge in [-0.05, 0) is 25.1 Å². The number of ether oxygens (including phenoxy) is 1. The minimum Gasteiger partial charge on any atom is -0.479 e. The molecule has 0 fully saturated rings. The first-order valence-electron chi connectivity index (χ1n) is 4.20. The van der Waals surface area contributed by atoms with Crippen molar-refractivity contribution in [2.24, 2.45) is 5.73 Å². The van der Waals surface area contributed by atoms with Crippen molar-refractivity contribution in [2.45, 2.75) is 13.0 Å². The third-order valence-electron chi connectivity index (χ3n) is 1.77. The van der Waals surface area contributed by atoms with Crippen molar-refractivity contribution in [2.75, 3.05) is 0 Å². The maximum atomic E-state index is 10.7. The quantitative estimate of drug-likeness (QED) is 0.845. The Bertz CT molecular complexity index is 426. The second-order valence-corrected chi connectivity index (χ2v) is 3.33. The highest BCUT2D eigenvalue weighted by molar-refractivity contribution is 6.32. The van der Waals surface area contributed by atoms with Gasteiger partial charge >= 0.3 is 0 Å². The summed E-state index contributed by atoms with van der Waals surface area (Å²) in [6.45, 7) is 1.52. The standard InChI is InChI=1S/C10H9ClN2O2/c1-6(10(13)14)15-9-3-2-7(5-12)4-8(9)11/h2-4,6H,1H3,(H2,13,14). The minimum absolute atomic E-state index is 0.280. The van der Waals surface area contributed by atoms with Gasteiger partial charge in [0.25, 0.3) is 5.91 Å². The lowest BCUT2D eigenvalue weighted by atomic mass is 10.2. The number of carbonyl (C=O) groups excluding carboxylic acids is 1. The van der Waals surface area contributed by atoms with Gasteiger partial charge in [0, 0.05) is 0 Å². The molecule has 0 heterocycles. The van der Waals surface area contributed by atoms with E-state index in [1.807, 2.05) is 6.07 Å². The van der Waals surface area contributed by atoms with Crippen molar-refractivity contribution in [3.63, 3.8) is 0 Å². The van der Waals surface area contributed by atoms with Gasteiger partial charge in [-0.25, -0.2) is 0 Å². The molecular formula is C10H9ClN2O2. The summed E-state index contributed by atoms with van der Waals surface area (Å²) in [6.07, 6.45) is -0.754. The number of nitriles is 1. The van der Waals surface area contributed by atoms with Gasteiger partial charge in [0.2, 0.25) is 0 Å². The van der Waals surface area contributed by atoms with Crippen LogP contribution < -0.4 is 10.5 Å². The zero-order valence-corrected chi connectivity index (χ0v) is 8.78. The molecule has 0 saturated carbocycles. The van der Waals surface area contributed by atoms with Crippen molar-refractivity contribution in [3.05, 3.63) is 28.8 Å². The molecule has 1 amide bonds. The van der Waals surface area contributed by atoms with Crippen LogP contribution in [0.25, 0.3) is 0 Å². The highest BCUT2D eigenvalue weighted by atomic mass is 35.5. The molecule has 1 unspecified atom stereocenters. The highest BCUT2D eigenvalue weighted by Crippen LogP contribution is 2.25. The monoisotopic (exact) mass is 224 g/mol. The van der Waals surface area contributed by atoms with Crippen molar-refractivity contribution in [3.8, 4) is 11.8 Å². The number of primary amides is 1. The Morgan fingerprint density at radius 2 is 2.33 bits per heavy atom. The van der Waals surface area contributed by atoms with Gasteiger partial charge in [-0.3, -0.25) is 4.79 Å². The van der Waals surface area contributed by atoms with Crippen molar-refractivity contribution < 1.29 is 9.53 Å². The first-order valence-corrected chi connectivity index (χ1v) is 4.58. The van der Waals surface area contributed by atoms with Gasteiger partial charge in [0.15, 0.2) is 6.10 Å². The van der Waals surface area contributed by atoms with Crippen LogP contribution >= 0.6 is 11.6 Å². The van der Waals surface area contributed by atoms with E-state index >= 15 is 0 Å². The molecule has 0 radical (unpaired) electrons. The maximum Gasteiger partial charge on any atom is 0.258 e. The second-order valence-electron chi connectivity index (χ2n) is 2.92. The van der Waals surface area contributed by atoms with Crippen molar-refractivity contribution in [1.29, 1.82) is 5.26 Å². The van der Waals surface area contributed by atoms with E-state index in [-0.39, 0.29) is 5.02 Å². The van der Waals surface area contributed by atoms with Crippen LogP contribution in [0.5, 0.6) is 5.75 Å². The van der Waals surface area contributed by atoms with E-state index in [2.05, 4.69) is 0 Å². The molecule has 1 atom stereocenters. The molecule has 1 aromatic carbocycles. The summed E-state index contributed by atoms with van der Waals surface area (Å²) >= 11 is 5.83. The predicted molar refractivity (Wildman–Crippen MR) is 55.5 cm³/mol. The molecule has 0 aliphatic rings. The lowest BCUT2D eigenvalue weighted by Crippen LogP contribution is -2.30. The summed E-state index contributed by atoms with van der Waals surface area (Å²) in [5.41, 5.74) is 5.46. The normalized spacial score (nSPS) is 11.5. The lowest BCUT2D eigenvalue weighted by molar-refractivity contribution is -0.123. The first kappa shape index (κ1) is 11.3. The van der Waals surface area contributed by atoms with Crippen LogP contribution in [0.2, 0.25) is 5.02 Å². The zero-order chi connectivity index (χ0) is 11.4. The largest absolute Gasteiger partial charge is 0.479 e. The number of amides is 1. The SMILES string of the molecule is CC(Oc1ccc(C#N)cc1Cl)C(N)=O. The van der Waals surface area contributed by atoms with E-state index in [4.69, 9.17) is 27.3 Å². The molecule has 0 bridgehead atoms. The number of carbonyl (C=O) groups is 1. The Balaban J connectivity index is 2.88. The molecule has 0 aliphatic heterocycles. The van der Waals surface area contributed by atoms with E-state index < -0.39 is 12.0 Å². The topological polar surface area (TPSA) is 76.1 Å². The molecule has 78 valence electrons. The molecule has 0 saturated heterocycles. The van der Waals surface area contributed by atoms with Crippen LogP contribution in [0, 0.1) is 11.3 Å². The first-order chi connectivity index (χ1) is 7.04.